The number of carboxylic acids is 1. The van der Waals surface area contributed by atoms with Crippen LogP contribution >= 0.6 is 0 Å². The molecule has 3 aromatic heterocycles. The summed E-state index contributed by atoms with van der Waals surface area (Å²) >= 11 is 0. The molecule has 0 aliphatic carbocycles. The third-order valence-electron chi connectivity index (χ3n) is 7.68. The van der Waals surface area contributed by atoms with E-state index in [9.17, 15) is 15.2 Å². The first-order valence-corrected chi connectivity index (χ1v) is 13.2. The van der Waals surface area contributed by atoms with E-state index in [0.717, 1.165) is 33.1 Å². The van der Waals surface area contributed by atoms with Crippen LogP contribution in [-0.2, 0) is 0 Å². The number of aromatic carboxylic acids is 1. The van der Waals surface area contributed by atoms with E-state index in [-0.39, 0.29) is 5.56 Å². The Bertz CT molecular complexity index is 2210. The van der Waals surface area contributed by atoms with Gasteiger partial charge in [0.05, 0.1) is 33.6 Å². The van der Waals surface area contributed by atoms with E-state index < -0.39 is 5.97 Å². The van der Waals surface area contributed by atoms with E-state index in [1.165, 1.54) is 0 Å². The quantitative estimate of drug-likeness (QED) is 0.243. The highest BCUT2D eigenvalue weighted by Crippen LogP contribution is 2.43. The number of hydrogen-bond donors (Lipinski definition) is 2. The summed E-state index contributed by atoms with van der Waals surface area (Å²) in [6, 6.07) is 29.1. The number of H-pyrrole nitrogens is 1. The third kappa shape index (κ3) is 3.62. The molecule has 2 N–H and O–H groups in total. The van der Waals surface area contributed by atoms with Crippen LogP contribution in [0.1, 0.15) is 27.2 Å². The van der Waals surface area contributed by atoms with Crippen molar-refractivity contribution in [1.29, 1.82) is 5.26 Å². The standard InChI is InChI=1S/C34H23N5O2/c1-19-9-6-16-27-28(19)26(18-36-27)32-25(17-35)31(23-14-7-10-21-11-8-15-24(30(21)23)34(40)41)29-20(2)38-39(33(29)37-32)22-12-4-3-5-13-22/h3-16,18,36H,1-2H3,(H,40,41). The maximum atomic E-state index is 12.4. The van der Waals surface area contributed by atoms with Crippen molar-refractivity contribution in [2.45, 2.75) is 13.8 Å². The zero-order valence-corrected chi connectivity index (χ0v) is 22.3. The van der Waals surface area contributed by atoms with Crippen molar-refractivity contribution < 1.29 is 9.90 Å². The highest BCUT2D eigenvalue weighted by molar-refractivity contribution is 6.15. The number of nitriles is 1. The van der Waals surface area contributed by atoms with Crippen LogP contribution in [0.3, 0.4) is 0 Å². The molecule has 7 heteroatoms. The van der Waals surface area contributed by atoms with Gasteiger partial charge >= 0.3 is 5.97 Å². The summed E-state index contributed by atoms with van der Waals surface area (Å²) in [4.78, 5) is 20.9. The predicted molar refractivity (Wildman–Crippen MR) is 160 cm³/mol. The lowest BCUT2D eigenvalue weighted by Gasteiger charge is -2.15. The average Bonchev–Trinajstić information content (AvgIpc) is 3.58. The van der Waals surface area contributed by atoms with Crippen LogP contribution in [-0.4, -0.2) is 30.8 Å². The molecule has 0 bridgehead atoms. The third-order valence-corrected chi connectivity index (χ3v) is 7.68. The summed E-state index contributed by atoms with van der Waals surface area (Å²) in [6.07, 6.45) is 1.89. The maximum absolute atomic E-state index is 12.4. The van der Waals surface area contributed by atoms with Crippen LogP contribution in [0.2, 0.25) is 0 Å². The van der Waals surface area contributed by atoms with E-state index in [0.29, 0.717) is 44.5 Å². The second kappa shape index (κ2) is 9.18. The molecule has 4 aromatic carbocycles. The smallest absolute Gasteiger partial charge is 0.336 e. The Labute approximate surface area is 234 Å². The first-order valence-electron chi connectivity index (χ1n) is 13.2. The number of carboxylic acid groups (broad SMARTS) is 1. The molecule has 0 saturated heterocycles. The van der Waals surface area contributed by atoms with Gasteiger partial charge in [-0.1, -0.05) is 60.7 Å². The van der Waals surface area contributed by atoms with Gasteiger partial charge < -0.3 is 10.1 Å². The lowest BCUT2D eigenvalue weighted by Crippen LogP contribution is -2.02. The van der Waals surface area contributed by atoms with Crippen molar-refractivity contribution in [3.63, 3.8) is 0 Å². The molecule has 3 heterocycles. The van der Waals surface area contributed by atoms with Gasteiger partial charge in [-0.25, -0.2) is 14.5 Å². The molecule has 0 aliphatic rings. The van der Waals surface area contributed by atoms with Gasteiger partial charge in [-0.15, -0.1) is 0 Å². The molecular formula is C34H23N5O2. The lowest BCUT2D eigenvalue weighted by molar-refractivity contribution is 0.0699. The van der Waals surface area contributed by atoms with Crippen LogP contribution in [0.25, 0.3) is 60.8 Å². The summed E-state index contributed by atoms with van der Waals surface area (Å²) < 4.78 is 1.80. The van der Waals surface area contributed by atoms with Gasteiger partial charge in [0, 0.05) is 33.6 Å². The van der Waals surface area contributed by atoms with Crippen LogP contribution in [0.4, 0.5) is 0 Å². The van der Waals surface area contributed by atoms with Crippen LogP contribution < -0.4 is 0 Å². The number of carbonyl (C=O) groups is 1. The van der Waals surface area contributed by atoms with Gasteiger partial charge in [-0.05, 0) is 54.6 Å². The number of nitrogens with zero attached hydrogens (tertiary/aromatic N) is 4. The van der Waals surface area contributed by atoms with Crippen molar-refractivity contribution in [3.05, 3.63) is 114 Å². The minimum absolute atomic E-state index is 0.171. The number of benzene rings is 4. The summed E-state index contributed by atoms with van der Waals surface area (Å²) in [5.41, 5.74) is 7.23. The van der Waals surface area contributed by atoms with Crippen molar-refractivity contribution in [3.8, 4) is 34.1 Å². The second-order valence-corrected chi connectivity index (χ2v) is 10.1. The monoisotopic (exact) mass is 533 g/mol. The van der Waals surface area contributed by atoms with E-state index >= 15 is 0 Å². The second-order valence-electron chi connectivity index (χ2n) is 10.1. The van der Waals surface area contributed by atoms with E-state index in [4.69, 9.17) is 10.1 Å². The van der Waals surface area contributed by atoms with E-state index in [1.807, 2.05) is 92.8 Å². The maximum Gasteiger partial charge on any atom is 0.336 e. The molecule has 7 aromatic rings. The minimum atomic E-state index is -1.03. The fraction of sp³-hybridized carbons (Fsp3) is 0.0588. The molecule has 0 amide bonds. The molecule has 0 aliphatic heterocycles. The summed E-state index contributed by atoms with van der Waals surface area (Å²) in [5.74, 6) is -1.03. The van der Waals surface area contributed by atoms with Crippen LogP contribution in [0.15, 0.2) is 91.1 Å². The van der Waals surface area contributed by atoms with Gasteiger partial charge in [0.1, 0.15) is 6.07 Å². The Morgan fingerprint density at radius 3 is 2.39 bits per heavy atom. The fourth-order valence-corrected chi connectivity index (χ4v) is 5.92. The molecule has 0 saturated carbocycles. The fourth-order valence-electron chi connectivity index (χ4n) is 5.92. The zero-order chi connectivity index (χ0) is 28.2. The Kier molecular flexibility index (Phi) is 5.44. The first-order chi connectivity index (χ1) is 20.0. The minimum Gasteiger partial charge on any atom is -0.478 e. The SMILES string of the molecule is Cc1cccc2[nH]cc(-c3nc4c(c(C)nn4-c4ccccc4)c(-c4cccc5cccc(C(=O)O)c45)c3C#N)c12. The van der Waals surface area contributed by atoms with E-state index in [1.54, 1.807) is 16.8 Å². The summed E-state index contributed by atoms with van der Waals surface area (Å²) in [5, 5.41) is 28.8. The lowest BCUT2D eigenvalue weighted by atomic mass is 9.88. The number of aryl methyl sites for hydroxylation is 2. The number of aromatic amines is 1. The number of aromatic nitrogens is 4. The molecule has 0 spiro atoms. The largest absolute Gasteiger partial charge is 0.478 e. The molecule has 41 heavy (non-hydrogen) atoms. The molecule has 0 atom stereocenters. The van der Waals surface area contributed by atoms with Crippen LogP contribution in [0, 0.1) is 25.2 Å². The van der Waals surface area contributed by atoms with Gasteiger partial charge in [0.15, 0.2) is 5.65 Å². The van der Waals surface area contributed by atoms with Crippen LogP contribution in [0.5, 0.6) is 0 Å². The van der Waals surface area contributed by atoms with Gasteiger partial charge in [-0.3, -0.25) is 0 Å². The normalized spacial score (nSPS) is 11.3. The number of rotatable bonds is 4. The molecule has 196 valence electrons. The summed E-state index contributed by atoms with van der Waals surface area (Å²) in [7, 11) is 0. The topological polar surface area (TPSA) is 108 Å². The molecule has 7 nitrogen and oxygen atoms in total. The Morgan fingerprint density at radius 1 is 0.878 bits per heavy atom. The molecular weight excluding hydrogens is 510 g/mol. The highest BCUT2D eigenvalue weighted by Gasteiger charge is 2.27. The molecule has 7 rings (SSSR count). The predicted octanol–water partition coefficient (Wildman–Crippen LogP) is 7.58. The molecule has 0 unspecified atom stereocenters. The highest BCUT2D eigenvalue weighted by atomic mass is 16.4. The van der Waals surface area contributed by atoms with Crippen molar-refractivity contribution in [2.24, 2.45) is 0 Å². The average molecular weight is 534 g/mol. The van der Waals surface area contributed by atoms with Crippen molar-refractivity contribution in [2.75, 3.05) is 0 Å². The number of hydrogen-bond acceptors (Lipinski definition) is 4. The molecule has 0 radical (unpaired) electrons. The number of nitrogens with one attached hydrogen (secondary N) is 1. The molecule has 0 fully saturated rings. The number of fused-ring (bicyclic) bond motifs is 3. The first kappa shape index (κ1) is 24.3. The van der Waals surface area contributed by atoms with Crippen molar-refractivity contribution >= 4 is 38.7 Å². The van der Waals surface area contributed by atoms with Gasteiger partial charge in [0.2, 0.25) is 0 Å². The number of pyridine rings is 1. The number of para-hydroxylation sites is 1. The van der Waals surface area contributed by atoms with E-state index in [2.05, 4.69) is 11.1 Å². The zero-order valence-electron chi connectivity index (χ0n) is 22.3. The Hall–Kier alpha value is -5.74. The Balaban J connectivity index is 1.71. The van der Waals surface area contributed by atoms with Gasteiger partial charge in [0.25, 0.3) is 0 Å². The van der Waals surface area contributed by atoms with Crippen molar-refractivity contribution in [1.82, 2.24) is 19.7 Å². The summed E-state index contributed by atoms with van der Waals surface area (Å²) in [6.45, 7) is 3.93. The Morgan fingerprint density at radius 2 is 1.63 bits per heavy atom. The van der Waals surface area contributed by atoms with Gasteiger partial charge in [-0.2, -0.15) is 10.4 Å².